The van der Waals surface area contributed by atoms with Crippen molar-refractivity contribution < 1.29 is 24.2 Å². The first-order valence-corrected chi connectivity index (χ1v) is 11.8. The number of amides is 2. The summed E-state index contributed by atoms with van der Waals surface area (Å²) in [6.07, 6.45) is 1.22. The summed E-state index contributed by atoms with van der Waals surface area (Å²) in [5.74, 6) is -1.37. The fourth-order valence-corrected chi connectivity index (χ4v) is 4.82. The lowest BCUT2D eigenvalue weighted by Gasteiger charge is -2.14. The Morgan fingerprint density at radius 1 is 1.09 bits per heavy atom. The molecule has 0 aliphatic heterocycles. The smallest absolute Gasteiger partial charge is 0.407 e. The highest BCUT2D eigenvalue weighted by molar-refractivity contribution is 7.13. The second-order valence-corrected chi connectivity index (χ2v) is 9.09. The molecule has 1 heterocycles. The first-order chi connectivity index (χ1) is 16.5. The largest absolute Gasteiger partial charge is 0.481 e. The Balaban J connectivity index is 1.30. The monoisotopic (exact) mass is 479 g/mol. The molecule has 0 bridgehead atoms. The molecule has 3 aromatic rings. The summed E-state index contributed by atoms with van der Waals surface area (Å²) in [5.41, 5.74) is 4.60. The number of alkyl carbamates (subject to hydrolysis) is 1. The van der Waals surface area contributed by atoms with Gasteiger partial charge in [-0.05, 0) is 28.7 Å². The number of nitrogens with zero attached hydrogens (tertiary/aromatic N) is 1. The Morgan fingerprint density at radius 2 is 1.74 bits per heavy atom. The van der Waals surface area contributed by atoms with Gasteiger partial charge in [0.15, 0.2) is 0 Å². The van der Waals surface area contributed by atoms with Gasteiger partial charge in [0.05, 0.1) is 19.2 Å². The summed E-state index contributed by atoms with van der Waals surface area (Å²) in [6, 6.07) is 15.8. The summed E-state index contributed by atoms with van der Waals surface area (Å²) < 4.78 is 5.51. The molecule has 0 saturated carbocycles. The number of carbonyl (C=O) groups excluding carboxylic acids is 2. The molecule has 1 aliphatic carbocycles. The Morgan fingerprint density at radius 3 is 2.35 bits per heavy atom. The molecule has 4 rings (SSSR count). The van der Waals surface area contributed by atoms with E-state index in [0.717, 1.165) is 33.6 Å². The second-order valence-electron chi connectivity index (χ2n) is 7.97. The molecular formula is C25H25N3O5S. The van der Waals surface area contributed by atoms with Crippen molar-refractivity contribution in [1.29, 1.82) is 0 Å². The number of thiazole rings is 1. The van der Waals surface area contributed by atoms with Crippen molar-refractivity contribution >= 4 is 29.3 Å². The van der Waals surface area contributed by atoms with Crippen LogP contribution < -0.4 is 10.6 Å². The normalized spacial score (nSPS) is 13.0. The van der Waals surface area contributed by atoms with Gasteiger partial charge >= 0.3 is 12.1 Å². The molecule has 34 heavy (non-hydrogen) atoms. The molecule has 1 aliphatic rings. The minimum Gasteiger partial charge on any atom is -0.481 e. The van der Waals surface area contributed by atoms with Gasteiger partial charge in [-0.25, -0.2) is 9.78 Å². The van der Waals surface area contributed by atoms with Crippen LogP contribution in [0, 0.1) is 0 Å². The van der Waals surface area contributed by atoms with E-state index in [-0.39, 0.29) is 31.4 Å². The number of fused-ring (bicyclic) bond motifs is 3. The minimum atomic E-state index is -0.968. The van der Waals surface area contributed by atoms with Crippen molar-refractivity contribution in [2.75, 3.05) is 6.61 Å². The predicted octanol–water partition coefficient (Wildman–Crippen LogP) is 4.16. The van der Waals surface area contributed by atoms with E-state index >= 15 is 0 Å². The molecule has 8 nitrogen and oxygen atoms in total. The maximum Gasteiger partial charge on any atom is 0.407 e. The highest BCUT2D eigenvalue weighted by Gasteiger charge is 2.29. The maximum absolute atomic E-state index is 12.4. The SMILES string of the molecule is CC[C@@H](CC(=O)O)NC(=O)c1cnc(CNC(=O)OCC2c3ccccc3-c3ccccc32)s1. The number of carboxylic acid groups (broad SMARTS) is 1. The molecule has 3 N–H and O–H groups in total. The zero-order valence-corrected chi connectivity index (χ0v) is 19.4. The number of nitrogens with one attached hydrogen (secondary N) is 2. The first kappa shape index (κ1) is 23.4. The third-order valence-corrected chi connectivity index (χ3v) is 6.75. The van der Waals surface area contributed by atoms with Gasteiger partial charge in [0.2, 0.25) is 0 Å². The molecule has 0 radical (unpaired) electrons. The number of hydrogen-bond acceptors (Lipinski definition) is 6. The van der Waals surface area contributed by atoms with Crippen LogP contribution in [0.25, 0.3) is 11.1 Å². The first-order valence-electron chi connectivity index (χ1n) is 11.0. The van der Waals surface area contributed by atoms with Crippen molar-refractivity contribution in [3.8, 4) is 11.1 Å². The average Bonchev–Trinajstić information content (AvgIpc) is 3.44. The van der Waals surface area contributed by atoms with E-state index in [2.05, 4.69) is 39.9 Å². The zero-order valence-electron chi connectivity index (χ0n) is 18.6. The Kier molecular flexibility index (Phi) is 7.22. The molecule has 1 atom stereocenters. The van der Waals surface area contributed by atoms with Crippen LogP contribution in [0.1, 0.15) is 51.5 Å². The van der Waals surface area contributed by atoms with Crippen LogP contribution in [-0.2, 0) is 16.1 Å². The van der Waals surface area contributed by atoms with Crippen LogP contribution in [0.3, 0.4) is 0 Å². The van der Waals surface area contributed by atoms with Gasteiger partial charge in [0, 0.05) is 12.0 Å². The van der Waals surface area contributed by atoms with Gasteiger partial charge in [-0.2, -0.15) is 0 Å². The molecule has 0 fully saturated rings. The minimum absolute atomic E-state index is 0.0226. The number of hydrogen-bond donors (Lipinski definition) is 3. The van der Waals surface area contributed by atoms with Crippen LogP contribution in [0.4, 0.5) is 4.79 Å². The Bertz CT molecular complexity index is 1160. The van der Waals surface area contributed by atoms with Gasteiger partial charge in [-0.3, -0.25) is 9.59 Å². The number of aromatic nitrogens is 1. The summed E-state index contributed by atoms with van der Waals surface area (Å²) in [7, 11) is 0. The standard InChI is InChI=1S/C25H25N3O5S/c1-2-15(11-23(29)30)28-24(31)21-12-26-22(34-21)13-27-25(32)33-14-20-18-9-5-3-7-16(18)17-8-4-6-10-19(17)20/h3-10,12,15,20H,2,11,13-14H2,1H3,(H,27,32)(H,28,31)(H,29,30)/t15-/m0/s1. The number of carboxylic acids is 1. The van der Waals surface area contributed by atoms with Crippen molar-refractivity contribution in [3.63, 3.8) is 0 Å². The second kappa shape index (κ2) is 10.5. The van der Waals surface area contributed by atoms with Crippen LogP contribution >= 0.6 is 11.3 Å². The van der Waals surface area contributed by atoms with Gasteiger partial charge in [0.1, 0.15) is 16.5 Å². The number of carbonyl (C=O) groups is 3. The summed E-state index contributed by atoms with van der Waals surface area (Å²) in [4.78, 5) is 40.1. The summed E-state index contributed by atoms with van der Waals surface area (Å²) in [6.45, 7) is 2.15. The lowest BCUT2D eigenvalue weighted by atomic mass is 9.98. The van der Waals surface area contributed by atoms with Crippen molar-refractivity contribution in [1.82, 2.24) is 15.6 Å². The fraction of sp³-hybridized carbons (Fsp3) is 0.280. The molecular weight excluding hydrogens is 454 g/mol. The predicted molar refractivity (Wildman–Crippen MR) is 128 cm³/mol. The summed E-state index contributed by atoms with van der Waals surface area (Å²) in [5, 5.41) is 14.8. The highest BCUT2D eigenvalue weighted by atomic mass is 32.1. The topological polar surface area (TPSA) is 118 Å². The third kappa shape index (κ3) is 5.26. The van der Waals surface area contributed by atoms with E-state index in [1.54, 1.807) is 0 Å². The zero-order chi connectivity index (χ0) is 24.1. The van der Waals surface area contributed by atoms with Crippen molar-refractivity contribution in [2.24, 2.45) is 0 Å². The van der Waals surface area contributed by atoms with Gasteiger partial charge < -0.3 is 20.5 Å². The number of benzene rings is 2. The van der Waals surface area contributed by atoms with Gasteiger partial charge in [-0.1, -0.05) is 55.5 Å². The lowest BCUT2D eigenvalue weighted by molar-refractivity contribution is -0.137. The third-order valence-electron chi connectivity index (χ3n) is 5.75. The van der Waals surface area contributed by atoms with Crippen LogP contribution in [0.5, 0.6) is 0 Å². The average molecular weight is 480 g/mol. The highest BCUT2D eigenvalue weighted by Crippen LogP contribution is 2.44. The molecule has 9 heteroatoms. The molecule has 1 aromatic heterocycles. The van der Waals surface area contributed by atoms with E-state index in [0.29, 0.717) is 16.3 Å². The van der Waals surface area contributed by atoms with E-state index in [1.165, 1.54) is 6.20 Å². The Labute approximate surface area is 201 Å². The van der Waals surface area contributed by atoms with Gasteiger partial charge in [0.25, 0.3) is 5.91 Å². The molecule has 2 amide bonds. The lowest BCUT2D eigenvalue weighted by Crippen LogP contribution is -2.35. The number of rotatable bonds is 9. The van der Waals surface area contributed by atoms with E-state index in [1.807, 2.05) is 31.2 Å². The summed E-state index contributed by atoms with van der Waals surface area (Å²) >= 11 is 1.14. The number of aliphatic carboxylic acids is 1. The van der Waals surface area contributed by atoms with E-state index in [9.17, 15) is 14.4 Å². The molecule has 0 spiro atoms. The fourth-order valence-electron chi connectivity index (χ4n) is 4.06. The quantitative estimate of drug-likeness (QED) is 0.424. The Hall–Kier alpha value is -3.72. The van der Waals surface area contributed by atoms with Gasteiger partial charge in [-0.15, -0.1) is 11.3 Å². The molecule has 0 saturated heterocycles. The van der Waals surface area contributed by atoms with E-state index in [4.69, 9.17) is 9.84 Å². The molecule has 0 unspecified atom stereocenters. The van der Waals surface area contributed by atoms with Crippen LogP contribution in [-0.4, -0.2) is 40.7 Å². The van der Waals surface area contributed by atoms with Crippen molar-refractivity contribution in [2.45, 2.75) is 38.3 Å². The van der Waals surface area contributed by atoms with E-state index < -0.39 is 18.1 Å². The maximum atomic E-state index is 12.4. The number of ether oxygens (including phenoxy) is 1. The van der Waals surface area contributed by atoms with Crippen molar-refractivity contribution in [3.05, 3.63) is 75.7 Å². The molecule has 2 aromatic carbocycles. The van der Waals surface area contributed by atoms with Crippen LogP contribution in [0.15, 0.2) is 54.7 Å². The van der Waals surface area contributed by atoms with Crippen LogP contribution in [0.2, 0.25) is 0 Å². The molecule has 176 valence electrons.